The van der Waals surface area contributed by atoms with E-state index in [0.29, 0.717) is 35.6 Å². The summed E-state index contributed by atoms with van der Waals surface area (Å²) in [5.41, 5.74) is 4.29. The predicted octanol–water partition coefficient (Wildman–Crippen LogP) is 4.55. The Morgan fingerprint density at radius 3 is 2.47 bits per heavy atom. The van der Waals surface area contributed by atoms with Gasteiger partial charge in [-0.15, -0.1) is 5.10 Å². The van der Waals surface area contributed by atoms with Gasteiger partial charge in [0.15, 0.2) is 5.82 Å². The molecule has 2 heterocycles. The molecule has 0 aliphatic carbocycles. The molecule has 7 heteroatoms. The summed E-state index contributed by atoms with van der Waals surface area (Å²) in [6.07, 6.45) is 0. The quantitative estimate of drug-likeness (QED) is 0.436. The SMILES string of the molecule is COCCOC(=O)C1=C(C)Nc2nc(-c3ccccc3)nn2[C@@H]1c1ccc(C(C)C)cc1. The second-order valence-electron chi connectivity index (χ2n) is 8.09. The average Bonchev–Trinajstić information content (AvgIpc) is 3.22. The summed E-state index contributed by atoms with van der Waals surface area (Å²) in [5.74, 6) is 1.21. The van der Waals surface area contributed by atoms with Gasteiger partial charge in [0.05, 0.1) is 12.2 Å². The fourth-order valence-corrected chi connectivity index (χ4v) is 3.79. The van der Waals surface area contributed by atoms with Crippen molar-refractivity contribution in [2.45, 2.75) is 32.7 Å². The van der Waals surface area contributed by atoms with Gasteiger partial charge in [-0.05, 0) is 24.0 Å². The van der Waals surface area contributed by atoms with Crippen molar-refractivity contribution in [1.29, 1.82) is 0 Å². The van der Waals surface area contributed by atoms with E-state index in [4.69, 9.17) is 19.6 Å². The van der Waals surface area contributed by atoms with Crippen LogP contribution in [-0.2, 0) is 14.3 Å². The fourth-order valence-electron chi connectivity index (χ4n) is 3.79. The Balaban J connectivity index is 1.78. The maximum absolute atomic E-state index is 13.1. The molecule has 0 saturated carbocycles. The number of methoxy groups -OCH3 is 1. The number of carbonyl (C=O) groups excluding carboxylic acids is 1. The van der Waals surface area contributed by atoms with E-state index in [2.05, 4.69) is 43.4 Å². The molecule has 0 spiro atoms. The Bertz CT molecular complexity index is 1120. The summed E-state index contributed by atoms with van der Waals surface area (Å²) >= 11 is 0. The van der Waals surface area contributed by atoms with Gasteiger partial charge in [0.1, 0.15) is 12.6 Å². The summed E-state index contributed by atoms with van der Waals surface area (Å²) in [4.78, 5) is 17.8. The van der Waals surface area contributed by atoms with Crippen LogP contribution in [0.25, 0.3) is 11.4 Å². The molecule has 1 aromatic heterocycles. The van der Waals surface area contributed by atoms with E-state index in [1.165, 1.54) is 5.56 Å². The normalized spacial score (nSPS) is 15.5. The zero-order valence-electron chi connectivity index (χ0n) is 18.8. The van der Waals surface area contributed by atoms with Gasteiger partial charge in [0.2, 0.25) is 5.95 Å². The first-order valence-electron chi connectivity index (χ1n) is 10.7. The van der Waals surface area contributed by atoms with E-state index in [1.54, 1.807) is 11.8 Å². The second kappa shape index (κ2) is 9.36. The summed E-state index contributed by atoms with van der Waals surface area (Å²) < 4.78 is 12.3. The van der Waals surface area contributed by atoms with Crippen molar-refractivity contribution in [1.82, 2.24) is 14.8 Å². The lowest BCUT2D eigenvalue weighted by molar-refractivity contribution is -0.140. The third-order valence-electron chi connectivity index (χ3n) is 5.54. The van der Waals surface area contributed by atoms with Crippen molar-refractivity contribution in [3.63, 3.8) is 0 Å². The molecule has 1 aliphatic rings. The first-order valence-corrected chi connectivity index (χ1v) is 10.7. The van der Waals surface area contributed by atoms with Crippen molar-refractivity contribution in [3.05, 3.63) is 77.0 Å². The second-order valence-corrected chi connectivity index (χ2v) is 8.09. The number of hydrogen-bond donors (Lipinski definition) is 1. The first-order chi connectivity index (χ1) is 15.5. The Hall–Kier alpha value is -3.45. The summed E-state index contributed by atoms with van der Waals surface area (Å²) in [5, 5.41) is 8.01. The van der Waals surface area contributed by atoms with E-state index in [-0.39, 0.29) is 6.61 Å². The number of esters is 1. The van der Waals surface area contributed by atoms with E-state index in [0.717, 1.165) is 11.1 Å². The van der Waals surface area contributed by atoms with E-state index in [9.17, 15) is 4.79 Å². The molecule has 1 atom stereocenters. The average molecular weight is 433 g/mol. The third-order valence-corrected chi connectivity index (χ3v) is 5.54. The molecule has 2 aromatic carbocycles. The van der Waals surface area contributed by atoms with Gasteiger partial charge in [-0.3, -0.25) is 0 Å². The fraction of sp³-hybridized carbons (Fsp3) is 0.320. The van der Waals surface area contributed by atoms with Crippen LogP contribution in [-0.4, -0.2) is 41.1 Å². The third kappa shape index (κ3) is 4.29. The number of fused-ring (bicyclic) bond motifs is 1. The predicted molar refractivity (Wildman–Crippen MR) is 123 cm³/mol. The zero-order valence-corrected chi connectivity index (χ0v) is 18.8. The Morgan fingerprint density at radius 2 is 1.81 bits per heavy atom. The highest BCUT2D eigenvalue weighted by Gasteiger charge is 2.35. The lowest BCUT2D eigenvalue weighted by atomic mass is 9.93. The smallest absolute Gasteiger partial charge is 0.338 e. The highest BCUT2D eigenvalue weighted by atomic mass is 16.6. The van der Waals surface area contributed by atoms with Gasteiger partial charge < -0.3 is 14.8 Å². The van der Waals surface area contributed by atoms with Gasteiger partial charge in [-0.25, -0.2) is 9.48 Å². The maximum Gasteiger partial charge on any atom is 0.338 e. The van der Waals surface area contributed by atoms with Crippen molar-refractivity contribution >= 4 is 11.9 Å². The number of rotatable bonds is 7. The van der Waals surface area contributed by atoms with Crippen LogP contribution in [0, 0.1) is 0 Å². The Labute approximate surface area is 188 Å². The highest BCUT2D eigenvalue weighted by Crippen LogP contribution is 2.37. The minimum absolute atomic E-state index is 0.185. The molecule has 0 radical (unpaired) electrons. The molecule has 7 nitrogen and oxygen atoms in total. The first kappa shape index (κ1) is 21.8. The lowest BCUT2D eigenvalue weighted by Gasteiger charge is -2.28. The van der Waals surface area contributed by atoms with Crippen molar-refractivity contribution < 1.29 is 14.3 Å². The van der Waals surface area contributed by atoms with Crippen molar-refractivity contribution in [2.75, 3.05) is 25.6 Å². The van der Waals surface area contributed by atoms with Crippen LogP contribution in [0.15, 0.2) is 65.9 Å². The van der Waals surface area contributed by atoms with E-state index >= 15 is 0 Å². The Morgan fingerprint density at radius 1 is 1.09 bits per heavy atom. The molecule has 0 fully saturated rings. The van der Waals surface area contributed by atoms with Crippen LogP contribution >= 0.6 is 0 Å². The molecule has 1 aliphatic heterocycles. The van der Waals surface area contributed by atoms with Gasteiger partial charge >= 0.3 is 5.97 Å². The summed E-state index contributed by atoms with van der Waals surface area (Å²) in [6, 6.07) is 17.6. The van der Waals surface area contributed by atoms with Gasteiger partial charge in [-0.2, -0.15) is 4.98 Å². The Kier molecular flexibility index (Phi) is 6.37. The van der Waals surface area contributed by atoms with E-state index in [1.807, 2.05) is 37.3 Å². The number of nitrogens with one attached hydrogen (secondary N) is 1. The molecular weight excluding hydrogens is 404 g/mol. The number of ether oxygens (including phenoxy) is 2. The molecule has 0 unspecified atom stereocenters. The van der Waals surface area contributed by atoms with Gasteiger partial charge in [0, 0.05) is 18.4 Å². The summed E-state index contributed by atoms with van der Waals surface area (Å²) in [7, 11) is 1.58. The number of carbonyl (C=O) groups is 1. The number of allylic oxidation sites excluding steroid dienone is 1. The lowest BCUT2D eigenvalue weighted by Crippen LogP contribution is -2.30. The van der Waals surface area contributed by atoms with Crippen molar-refractivity contribution in [2.24, 2.45) is 0 Å². The van der Waals surface area contributed by atoms with E-state index < -0.39 is 12.0 Å². The largest absolute Gasteiger partial charge is 0.460 e. The maximum atomic E-state index is 13.1. The number of aromatic nitrogens is 3. The molecule has 1 N–H and O–H groups in total. The van der Waals surface area contributed by atoms with Crippen LogP contribution < -0.4 is 5.32 Å². The molecule has 3 aromatic rings. The number of hydrogen-bond acceptors (Lipinski definition) is 6. The standard InChI is InChI=1S/C25H28N4O3/c1-16(2)18-10-12-19(13-11-18)22-21(24(30)32-15-14-31-4)17(3)26-25-27-23(28-29(22)25)20-8-6-5-7-9-20/h5-13,16,22H,14-15H2,1-4H3,(H,26,27,28)/t22-/m1/s1. The molecule has 0 amide bonds. The van der Waals surface area contributed by atoms with Crippen LogP contribution in [0.2, 0.25) is 0 Å². The van der Waals surface area contributed by atoms with Gasteiger partial charge in [-0.1, -0.05) is 68.4 Å². The minimum Gasteiger partial charge on any atom is -0.460 e. The number of benzene rings is 2. The topological polar surface area (TPSA) is 78.3 Å². The number of anilines is 1. The molecule has 0 bridgehead atoms. The molecule has 4 rings (SSSR count). The zero-order chi connectivity index (χ0) is 22.7. The molecule has 32 heavy (non-hydrogen) atoms. The minimum atomic E-state index is -0.451. The van der Waals surface area contributed by atoms with Crippen LogP contribution in [0.3, 0.4) is 0 Å². The monoisotopic (exact) mass is 432 g/mol. The summed E-state index contributed by atoms with van der Waals surface area (Å²) in [6.45, 7) is 6.70. The molecular formula is C25H28N4O3. The molecule has 166 valence electrons. The van der Waals surface area contributed by atoms with Gasteiger partial charge in [0.25, 0.3) is 0 Å². The molecule has 0 saturated heterocycles. The number of nitrogens with zero attached hydrogens (tertiary/aromatic N) is 3. The van der Waals surface area contributed by atoms with Crippen LogP contribution in [0.1, 0.15) is 43.9 Å². The highest BCUT2D eigenvalue weighted by molar-refractivity contribution is 5.92. The van der Waals surface area contributed by atoms with Crippen molar-refractivity contribution in [3.8, 4) is 11.4 Å². The van der Waals surface area contributed by atoms with Crippen LogP contribution in [0.5, 0.6) is 0 Å². The van der Waals surface area contributed by atoms with Crippen LogP contribution in [0.4, 0.5) is 5.95 Å².